The minimum atomic E-state index is 0.239. The third kappa shape index (κ3) is 3.09. The molecule has 5 aromatic rings. The van der Waals surface area contributed by atoms with Crippen LogP contribution < -0.4 is 0 Å². The largest absolute Gasteiger partial charge is 0.455 e. The molecule has 2 aromatic heterocycles. The monoisotopic (exact) mass is 472 g/mol. The lowest BCUT2D eigenvalue weighted by Gasteiger charge is -2.14. The van der Waals surface area contributed by atoms with Crippen molar-refractivity contribution in [2.75, 3.05) is 0 Å². The lowest BCUT2D eigenvalue weighted by molar-refractivity contribution is 0.602. The molecule has 1 aliphatic rings. The standard InChI is InChI=1S/C25H17BrN2OS/c26-16-9-10-22-15(11-16)12-23(29-22)21-13-25(30-24-8-4-3-7-20(24)28-21)18-14-27-19-6-2-1-5-17(18)19/h1-12,14,25,27H,13H2. The number of nitrogens with zero attached hydrogens (tertiary/aromatic N) is 1. The Labute approximate surface area is 186 Å². The highest BCUT2D eigenvalue weighted by atomic mass is 79.9. The zero-order chi connectivity index (χ0) is 20.1. The zero-order valence-corrected chi connectivity index (χ0v) is 18.3. The number of rotatable bonds is 2. The van der Waals surface area contributed by atoms with Gasteiger partial charge in [-0.1, -0.05) is 46.3 Å². The van der Waals surface area contributed by atoms with Gasteiger partial charge in [-0.05, 0) is 48.0 Å². The van der Waals surface area contributed by atoms with Crippen LogP contribution in [-0.4, -0.2) is 10.7 Å². The molecule has 3 aromatic carbocycles. The Morgan fingerprint density at radius 3 is 2.83 bits per heavy atom. The van der Waals surface area contributed by atoms with E-state index in [9.17, 15) is 0 Å². The van der Waals surface area contributed by atoms with Gasteiger partial charge in [-0.25, -0.2) is 4.99 Å². The maximum absolute atomic E-state index is 6.22. The molecule has 1 aliphatic heterocycles. The molecular weight excluding hydrogens is 456 g/mol. The van der Waals surface area contributed by atoms with Crippen molar-refractivity contribution >= 4 is 61.0 Å². The predicted octanol–water partition coefficient (Wildman–Crippen LogP) is 8.03. The molecule has 30 heavy (non-hydrogen) atoms. The van der Waals surface area contributed by atoms with Crippen molar-refractivity contribution in [3.8, 4) is 0 Å². The summed E-state index contributed by atoms with van der Waals surface area (Å²) in [4.78, 5) is 9.67. The highest BCUT2D eigenvalue weighted by molar-refractivity contribution is 9.10. The van der Waals surface area contributed by atoms with E-state index >= 15 is 0 Å². The summed E-state index contributed by atoms with van der Waals surface area (Å²) in [6, 6.07) is 25.0. The van der Waals surface area contributed by atoms with Gasteiger partial charge in [0.15, 0.2) is 0 Å². The highest BCUT2D eigenvalue weighted by Crippen LogP contribution is 2.47. The molecule has 3 heterocycles. The Morgan fingerprint density at radius 2 is 1.87 bits per heavy atom. The van der Waals surface area contributed by atoms with Gasteiger partial charge in [0.05, 0.1) is 11.4 Å². The molecule has 6 rings (SSSR count). The van der Waals surface area contributed by atoms with Crippen molar-refractivity contribution in [3.63, 3.8) is 0 Å². The summed E-state index contributed by atoms with van der Waals surface area (Å²) in [5.41, 5.74) is 5.33. The second-order valence-electron chi connectivity index (χ2n) is 7.42. The molecular formula is C25H17BrN2OS. The van der Waals surface area contributed by atoms with Gasteiger partial charge in [-0.3, -0.25) is 0 Å². The number of aliphatic imine (C=N–C) groups is 1. The number of H-pyrrole nitrogens is 1. The second kappa shape index (κ2) is 7.18. The predicted molar refractivity (Wildman–Crippen MR) is 128 cm³/mol. The summed E-state index contributed by atoms with van der Waals surface area (Å²) in [6.07, 6.45) is 2.94. The molecule has 0 saturated carbocycles. The average Bonchev–Trinajstić information content (AvgIpc) is 3.32. The lowest BCUT2D eigenvalue weighted by Crippen LogP contribution is -2.04. The van der Waals surface area contributed by atoms with Crippen LogP contribution in [0.2, 0.25) is 0 Å². The third-order valence-corrected chi connectivity index (χ3v) is 7.30. The van der Waals surface area contributed by atoms with Crippen LogP contribution in [0.15, 0.2) is 97.8 Å². The first kappa shape index (κ1) is 18.0. The molecule has 146 valence electrons. The van der Waals surface area contributed by atoms with E-state index < -0.39 is 0 Å². The van der Waals surface area contributed by atoms with E-state index in [1.807, 2.05) is 30.0 Å². The average molecular weight is 473 g/mol. The van der Waals surface area contributed by atoms with E-state index in [1.165, 1.54) is 15.8 Å². The number of aromatic nitrogens is 1. The molecule has 0 amide bonds. The molecule has 0 spiro atoms. The molecule has 0 bridgehead atoms. The SMILES string of the molecule is Brc1ccc2oc(C3=Nc4ccccc4SC(c4c[nH]c5ccccc45)C3)cc2c1. The first-order valence-corrected chi connectivity index (χ1v) is 11.5. The summed E-state index contributed by atoms with van der Waals surface area (Å²) in [6.45, 7) is 0. The number of halogens is 1. The van der Waals surface area contributed by atoms with Gasteiger partial charge >= 0.3 is 0 Å². The smallest absolute Gasteiger partial charge is 0.149 e. The summed E-state index contributed by atoms with van der Waals surface area (Å²) >= 11 is 5.43. The van der Waals surface area contributed by atoms with Gasteiger partial charge < -0.3 is 9.40 Å². The molecule has 0 saturated heterocycles. The van der Waals surface area contributed by atoms with Gasteiger partial charge in [-0.15, -0.1) is 11.8 Å². The van der Waals surface area contributed by atoms with Crippen LogP contribution in [0.3, 0.4) is 0 Å². The number of benzene rings is 3. The van der Waals surface area contributed by atoms with Crippen molar-refractivity contribution in [2.45, 2.75) is 16.6 Å². The summed E-state index contributed by atoms with van der Waals surface area (Å²) in [5.74, 6) is 0.838. The Kier molecular flexibility index (Phi) is 4.32. The van der Waals surface area contributed by atoms with Gasteiger partial charge in [0.25, 0.3) is 0 Å². The maximum Gasteiger partial charge on any atom is 0.149 e. The van der Waals surface area contributed by atoms with Crippen molar-refractivity contribution in [3.05, 3.63) is 94.8 Å². The van der Waals surface area contributed by atoms with E-state index in [2.05, 4.69) is 81.7 Å². The number of para-hydroxylation sites is 2. The van der Waals surface area contributed by atoms with Crippen LogP contribution in [0.5, 0.6) is 0 Å². The number of thioether (sulfide) groups is 1. The van der Waals surface area contributed by atoms with Crippen LogP contribution in [0.25, 0.3) is 21.9 Å². The highest BCUT2D eigenvalue weighted by Gasteiger charge is 2.26. The van der Waals surface area contributed by atoms with E-state index in [-0.39, 0.29) is 5.25 Å². The van der Waals surface area contributed by atoms with Crippen molar-refractivity contribution < 1.29 is 4.42 Å². The molecule has 3 nitrogen and oxygen atoms in total. The maximum atomic E-state index is 6.22. The van der Waals surface area contributed by atoms with Crippen LogP contribution in [0.4, 0.5) is 5.69 Å². The molecule has 0 aliphatic carbocycles. The van der Waals surface area contributed by atoms with Crippen LogP contribution in [0.1, 0.15) is 23.0 Å². The number of hydrogen-bond donors (Lipinski definition) is 1. The Bertz CT molecular complexity index is 1430. The number of fused-ring (bicyclic) bond motifs is 3. The fourth-order valence-corrected chi connectivity index (χ4v) is 5.70. The van der Waals surface area contributed by atoms with Gasteiger partial charge in [0.2, 0.25) is 0 Å². The summed E-state index contributed by atoms with van der Waals surface area (Å²) in [7, 11) is 0. The summed E-state index contributed by atoms with van der Waals surface area (Å²) < 4.78 is 7.26. The van der Waals surface area contributed by atoms with Crippen molar-refractivity contribution in [1.29, 1.82) is 0 Å². The fourth-order valence-electron chi connectivity index (χ4n) is 4.06. The number of aromatic amines is 1. The Balaban J connectivity index is 1.50. The summed E-state index contributed by atoms with van der Waals surface area (Å²) in [5, 5.41) is 2.58. The van der Waals surface area contributed by atoms with Crippen LogP contribution >= 0.6 is 27.7 Å². The second-order valence-corrected chi connectivity index (χ2v) is 9.58. The number of nitrogens with one attached hydrogen (secondary N) is 1. The van der Waals surface area contributed by atoms with E-state index in [1.54, 1.807) is 0 Å². The minimum Gasteiger partial charge on any atom is -0.455 e. The van der Waals surface area contributed by atoms with E-state index in [0.29, 0.717) is 0 Å². The quantitative estimate of drug-likeness (QED) is 0.282. The van der Waals surface area contributed by atoms with Crippen molar-refractivity contribution in [2.24, 2.45) is 4.99 Å². The topological polar surface area (TPSA) is 41.3 Å². The number of hydrogen-bond acceptors (Lipinski definition) is 3. The van der Waals surface area contributed by atoms with E-state index in [4.69, 9.17) is 9.41 Å². The lowest BCUT2D eigenvalue weighted by atomic mass is 10.0. The van der Waals surface area contributed by atoms with Crippen molar-refractivity contribution in [1.82, 2.24) is 4.98 Å². The normalized spacial score (nSPS) is 16.4. The van der Waals surface area contributed by atoms with E-state index in [0.717, 1.165) is 44.5 Å². The molecule has 0 radical (unpaired) electrons. The molecule has 1 atom stereocenters. The van der Waals surface area contributed by atoms with Gasteiger partial charge in [-0.2, -0.15) is 0 Å². The Hall–Kier alpha value is -2.76. The number of furan rings is 1. The first-order valence-electron chi connectivity index (χ1n) is 9.83. The zero-order valence-electron chi connectivity index (χ0n) is 15.9. The van der Waals surface area contributed by atoms with Crippen LogP contribution in [0, 0.1) is 0 Å². The third-order valence-electron chi connectivity index (χ3n) is 5.50. The minimum absolute atomic E-state index is 0.239. The molecule has 1 N–H and O–H groups in total. The van der Waals surface area contributed by atoms with Crippen LogP contribution in [-0.2, 0) is 0 Å². The first-order chi connectivity index (χ1) is 14.7. The fraction of sp³-hybridized carbons (Fsp3) is 0.0800. The molecule has 5 heteroatoms. The van der Waals surface area contributed by atoms with Gasteiger partial charge in [0, 0.05) is 43.5 Å². The Morgan fingerprint density at radius 1 is 1.00 bits per heavy atom. The molecule has 1 unspecified atom stereocenters. The molecule has 0 fully saturated rings. The van der Waals surface area contributed by atoms with Gasteiger partial charge in [0.1, 0.15) is 11.3 Å².